The Balaban J connectivity index is 1.61. The lowest BCUT2D eigenvalue weighted by Crippen LogP contribution is -2.32. The Morgan fingerprint density at radius 3 is 2.33 bits per heavy atom. The Kier molecular flexibility index (Phi) is 7.71. The van der Waals surface area contributed by atoms with Crippen molar-refractivity contribution in [1.29, 1.82) is 0 Å². The summed E-state index contributed by atoms with van der Waals surface area (Å²) < 4.78 is 0. The summed E-state index contributed by atoms with van der Waals surface area (Å²) in [6.45, 7) is 4.10. The first-order valence-electron chi connectivity index (χ1n) is 12.2. The Labute approximate surface area is 196 Å². The monoisotopic (exact) mass is 443 g/mol. The van der Waals surface area contributed by atoms with E-state index in [1.807, 2.05) is 6.07 Å². The molecule has 3 aromatic rings. The molecule has 0 saturated heterocycles. The molecule has 0 saturated carbocycles. The molecular weight excluding hydrogens is 410 g/mol. The largest absolute Gasteiger partial charge is 0.481 e. The van der Waals surface area contributed by atoms with Crippen LogP contribution in [0.4, 0.5) is 5.82 Å². The molecule has 2 heterocycles. The van der Waals surface area contributed by atoms with Crippen molar-refractivity contribution in [2.24, 2.45) is 0 Å². The van der Waals surface area contributed by atoms with Gasteiger partial charge in [-0.2, -0.15) is 0 Å². The van der Waals surface area contributed by atoms with Gasteiger partial charge in [0.1, 0.15) is 0 Å². The van der Waals surface area contributed by atoms with Crippen molar-refractivity contribution in [3.8, 4) is 22.5 Å². The normalized spacial score (nSPS) is 13.1. The molecule has 0 radical (unpaired) electrons. The topological polar surface area (TPSA) is 66.3 Å². The van der Waals surface area contributed by atoms with E-state index in [1.165, 1.54) is 5.56 Å². The van der Waals surface area contributed by atoms with E-state index in [1.54, 1.807) is 0 Å². The summed E-state index contributed by atoms with van der Waals surface area (Å²) in [5.41, 5.74) is 6.49. The van der Waals surface area contributed by atoms with Crippen molar-refractivity contribution < 1.29 is 9.90 Å². The number of carbonyl (C=O) groups is 1. The van der Waals surface area contributed by atoms with Crippen molar-refractivity contribution in [3.63, 3.8) is 0 Å². The number of unbranched alkanes of at least 4 members (excludes halogenated alkanes) is 3. The van der Waals surface area contributed by atoms with Gasteiger partial charge in [0, 0.05) is 30.6 Å². The summed E-state index contributed by atoms with van der Waals surface area (Å²) in [5, 5.41) is 8.81. The number of aliphatic carboxylic acids is 1. The highest BCUT2D eigenvalue weighted by Gasteiger charge is 2.23. The van der Waals surface area contributed by atoms with Gasteiger partial charge < -0.3 is 10.0 Å². The van der Waals surface area contributed by atoms with Gasteiger partial charge in [0.2, 0.25) is 0 Å². The van der Waals surface area contributed by atoms with Crippen LogP contribution in [0.1, 0.15) is 56.7 Å². The zero-order chi connectivity index (χ0) is 23.0. The van der Waals surface area contributed by atoms with Gasteiger partial charge in [-0.15, -0.1) is 0 Å². The molecule has 5 nitrogen and oxygen atoms in total. The summed E-state index contributed by atoms with van der Waals surface area (Å²) in [6.07, 6.45) is 7.11. The van der Waals surface area contributed by atoms with Crippen LogP contribution >= 0.6 is 0 Å². The van der Waals surface area contributed by atoms with Crippen molar-refractivity contribution in [2.75, 3.05) is 18.0 Å². The summed E-state index contributed by atoms with van der Waals surface area (Å²) >= 11 is 0. The standard InChI is InChI=1S/C28H33N3O2/c1-2-21-15-17-23(18-16-21)27-26(22-11-6-5-7-12-22)29-24-13-10-20-31(28(24)30-27)19-9-4-3-8-14-25(32)33/h5-7,11-12,15-18H,2-4,8-10,13-14,19-20H2,1H3,(H,32,33). The lowest BCUT2D eigenvalue weighted by molar-refractivity contribution is -0.137. The fourth-order valence-corrected chi connectivity index (χ4v) is 4.47. The number of nitrogens with zero attached hydrogens (tertiary/aromatic N) is 3. The molecular formula is C28H33N3O2. The SMILES string of the molecule is CCc1ccc(-c2nc3c(nc2-c2ccccc2)CCCN3CCCCCCC(=O)O)cc1. The van der Waals surface area contributed by atoms with Crippen LogP contribution in [0.15, 0.2) is 54.6 Å². The smallest absolute Gasteiger partial charge is 0.303 e. The number of carboxylic acids is 1. The zero-order valence-corrected chi connectivity index (χ0v) is 19.5. The third-order valence-corrected chi connectivity index (χ3v) is 6.34. The number of fused-ring (bicyclic) bond motifs is 1. The number of hydrogen-bond donors (Lipinski definition) is 1. The van der Waals surface area contributed by atoms with Gasteiger partial charge in [-0.25, -0.2) is 9.97 Å². The van der Waals surface area contributed by atoms with Crippen LogP contribution < -0.4 is 4.90 Å². The quantitative estimate of drug-likeness (QED) is 0.380. The highest BCUT2D eigenvalue weighted by atomic mass is 16.4. The van der Waals surface area contributed by atoms with Gasteiger partial charge in [-0.3, -0.25) is 4.79 Å². The molecule has 4 rings (SSSR count). The molecule has 33 heavy (non-hydrogen) atoms. The molecule has 0 fully saturated rings. The van der Waals surface area contributed by atoms with Crippen molar-refractivity contribution >= 4 is 11.8 Å². The van der Waals surface area contributed by atoms with Gasteiger partial charge in [-0.1, -0.05) is 74.4 Å². The summed E-state index contributed by atoms with van der Waals surface area (Å²) in [5.74, 6) is 0.310. The predicted octanol–water partition coefficient (Wildman–Crippen LogP) is 6.16. The van der Waals surface area contributed by atoms with Crippen molar-refractivity contribution in [2.45, 2.75) is 58.3 Å². The second-order valence-electron chi connectivity index (χ2n) is 8.76. The number of anilines is 1. The molecule has 1 aliphatic rings. The number of carboxylic acid groups (broad SMARTS) is 1. The number of benzene rings is 2. The number of aromatic nitrogens is 2. The van der Waals surface area contributed by atoms with Gasteiger partial charge in [0.05, 0.1) is 17.1 Å². The Morgan fingerprint density at radius 2 is 1.61 bits per heavy atom. The van der Waals surface area contributed by atoms with Crippen LogP contribution in [0, 0.1) is 0 Å². The molecule has 0 aliphatic carbocycles. The number of hydrogen-bond acceptors (Lipinski definition) is 4. The molecule has 172 valence electrons. The summed E-state index contributed by atoms with van der Waals surface area (Å²) in [4.78, 5) is 23.5. The van der Waals surface area contributed by atoms with E-state index in [-0.39, 0.29) is 6.42 Å². The molecule has 0 bridgehead atoms. The van der Waals surface area contributed by atoms with Gasteiger partial charge in [-0.05, 0) is 37.7 Å². The summed E-state index contributed by atoms with van der Waals surface area (Å²) in [6, 6.07) is 19.0. The van der Waals surface area contributed by atoms with Crippen LogP contribution in [-0.2, 0) is 17.6 Å². The van der Waals surface area contributed by atoms with Crippen LogP contribution in [0.2, 0.25) is 0 Å². The van der Waals surface area contributed by atoms with Crippen LogP contribution in [0.25, 0.3) is 22.5 Å². The molecule has 0 spiro atoms. The first-order chi connectivity index (χ1) is 16.2. The maximum atomic E-state index is 10.7. The minimum atomic E-state index is -0.705. The molecule has 0 amide bonds. The van der Waals surface area contributed by atoms with E-state index in [0.717, 1.165) is 92.1 Å². The fraction of sp³-hybridized carbons (Fsp3) is 0.393. The van der Waals surface area contributed by atoms with E-state index in [0.29, 0.717) is 0 Å². The maximum Gasteiger partial charge on any atom is 0.303 e. The number of rotatable bonds is 10. The molecule has 1 N–H and O–H groups in total. The van der Waals surface area contributed by atoms with Crippen LogP contribution in [-0.4, -0.2) is 34.1 Å². The first kappa shape index (κ1) is 23.0. The van der Waals surface area contributed by atoms with E-state index >= 15 is 0 Å². The van der Waals surface area contributed by atoms with Gasteiger partial charge in [0.15, 0.2) is 5.82 Å². The number of aryl methyl sites for hydroxylation is 2. The van der Waals surface area contributed by atoms with Gasteiger partial charge in [0.25, 0.3) is 0 Å². The molecule has 1 aromatic heterocycles. The molecule has 1 aliphatic heterocycles. The minimum Gasteiger partial charge on any atom is -0.481 e. The van der Waals surface area contributed by atoms with Crippen molar-refractivity contribution in [1.82, 2.24) is 9.97 Å². The molecule has 2 aromatic carbocycles. The lowest BCUT2D eigenvalue weighted by atomic mass is 10.0. The zero-order valence-electron chi connectivity index (χ0n) is 19.5. The van der Waals surface area contributed by atoms with E-state index in [4.69, 9.17) is 15.1 Å². The molecule has 0 atom stereocenters. The van der Waals surface area contributed by atoms with E-state index in [9.17, 15) is 4.79 Å². The Bertz CT molecular complexity index is 1060. The minimum absolute atomic E-state index is 0.264. The second kappa shape index (κ2) is 11.1. The predicted molar refractivity (Wildman–Crippen MR) is 134 cm³/mol. The maximum absolute atomic E-state index is 10.7. The average molecular weight is 444 g/mol. The third-order valence-electron chi connectivity index (χ3n) is 6.34. The van der Waals surface area contributed by atoms with Gasteiger partial charge >= 0.3 is 5.97 Å². The van der Waals surface area contributed by atoms with Crippen molar-refractivity contribution in [3.05, 3.63) is 65.9 Å². The van der Waals surface area contributed by atoms with E-state index < -0.39 is 5.97 Å². The van der Waals surface area contributed by atoms with E-state index in [2.05, 4.69) is 60.4 Å². The van der Waals surface area contributed by atoms with Crippen LogP contribution in [0.5, 0.6) is 0 Å². The Hall–Kier alpha value is -3.21. The fourth-order valence-electron chi connectivity index (χ4n) is 4.47. The first-order valence-corrected chi connectivity index (χ1v) is 12.2. The molecule has 0 unspecified atom stereocenters. The third kappa shape index (κ3) is 5.78. The highest BCUT2D eigenvalue weighted by molar-refractivity contribution is 5.79. The van der Waals surface area contributed by atoms with Crippen LogP contribution in [0.3, 0.4) is 0 Å². The average Bonchev–Trinajstić information content (AvgIpc) is 2.86. The molecule has 5 heteroatoms. The Morgan fingerprint density at radius 1 is 0.909 bits per heavy atom. The second-order valence-corrected chi connectivity index (χ2v) is 8.76. The highest BCUT2D eigenvalue weighted by Crippen LogP contribution is 2.34. The lowest BCUT2D eigenvalue weighted by Gasteiger charge is -2.30. The summed E-state index contributed by atoms with van der Waals surface area (Å²) in [7, 11) is 0.